The third-order valence-electron chi connectivity index (χ3n) is 7.09. The molecule has 1 aromatic rings. The Hall–Kier alpha value is -1.04. The number of thioether (sulfide) groups is 1. The predicted molar refractivity (Wildman–Crippen MR) is 117 cm³/mol. The molecule has 3 fully saturated rings. The number of carbonyl (C=O) groups excluding carboxylic acids is 1. The van der Waals surface area contributed by atoms with E-state index in [0.29, 0.717) is 23.9 Å². The van der Waals surface area contributed by atoms with Gasteiger partial charge in [-0.15, -0.1) is 0 Å². The molecule has 0 aliphatic carbocycles. The molecule has 5 heteroatoms. The van der Waals surface area contributed by atoms with Crippen molar-refractivity contribution in [1.82, 2.24) is 9.80 Å². The van der Waals surface area contributed by atoms with E-state index in [2.05, 4.69) is 46.4 Å². The van der Waals surface area contributed by atoms with Gasteiger partial charge < -0.3 is 10.6 Å². The van der Waals surface area contributed by atoms with E-state index in [1.807, 2.05) is 0 Å². The second kappa shape index (κ2) is 9.19. The van der Waals surface area contributed by atoms with Crippen molar-refractivity contribution in [3.8, 4) is 0 Å². The maximum atomic E-state index is 12.9. The molecule has 2 bridgehead atoms. The molecule has 1 amide bonds. The fourth-order valence-electron chi connectivity index (χ4n) is 5.80. The minimum absolute atomic E-state index is 0.189. The SMILES string of the molecule is CSCC[C@@H](N)C(=O)N1C[C@@H]2C[C@H](C1)[C@@H]1CCC[C@H](Cc3ccccc3)N1C2. The Balaban J connectivity index is 1.41. The van der Waals surface area contributed by atoms with Gasteiger partial charge in [-0.1, -0.05) is 36.8 Å². The van der Waals surface area contributed by atoms with Crippen molar-refractivity contribution in [2.45, 2.75) is 56.7 Å². The first kappa shape index (κ1) is 20.2. The molecule has 4 nitrogen and oxygen atoms in total. The van der Waals surface area contributed by atoms with Crippen molar-refractivity contribution in [2.75, 3.05) is 31.6 Å². The standard InChI is InChI=1S/C23H35N3OS/c1-28-11-10-21(24)23(27)25-14-18-12-19(16-25)22-9-5-8-20(26(22)15-18)13-17-6-3-2-4-7-17/h2-4,6-7,18-22H,5,8-16,24H2,1H3/t18-,19+,20+,21+,22-/m0/s1. The lowest BCUT2D eigenvalue weighted by Crippen LogP contribution is -2.63. The van der Waals surface area contributed by atoms with Crippen LogP contribution in [0.2, 0.25) is 0 Å². The lowest BCUT2D eigenvalue weighted by molar-refractivity contribution is -0.140. The van der Waals surface area contributed by atoms with Gasteiger partial charge in [0.25, 0.3) is 0 Å². The van der Waals surface area contributed by atoms with E-state index in [1.54, 1.807) is 11.8 Å². The topological polar surface area (TPSA) is 49.6 Å². The van der Waals surface area contributed by atoms with E-state index in [0.717, 1.165) is 31.8 Å². The number of hydrogen-bond donors (Lipinski definition) is 1. The summed E-state index contributed by atoms with van der Waals surface area (Å²) in [6.07, 6.45) is 9.26. The maximum Gasteiger partial charge on any atom is 0.239 e. The van der Waals surface area contributed by atoms with Crippen molar-refractivity contribution < 1.29 is 4.79 Å². The molecule has 3 saturated heterocycles. The molecule has 28 heavy (non-hydrogen) atoms. The summed E-state index contributed by atoms with van der Waals surface area (Å²) in [7, 11) is 0. The van der Waals surface area contributed by atoms with Gasteiger partial charge in [0.1, 0.15) is 0 Å². The van der Waals surface area contributed by atoms with Gasteiger partial charge in [-0.3, -0.25) is 9.69 Å². The zero-order chi connectivity index (χ0) is 19.5. The predicted octanol–water partition coefficient (Wildman–Crippen LogP) is 3.01. The third-order valence-corrected chi connectivity index (χ3v) is 7.73. The highest BCUT2D eigenvalue weighted by molar-refractivity contribution is 7.98. The summed E-state index contributed by atoms with van der Waals surface area (Å²) >= 11 is 1.77. The molecular formula is C23H35N3OS. The maximum absolute atomic E-state index is 12.9. The van der Waals surface area contributed by atoms with Gasteiger partial charge in [0.05, 0.1) is 6.04 Å². The summed E-state index contributed by atoms with van der Waals surface area (Å²) in [6, 6.07) is 12.0. The van der Waals surface area contributed by atoms with Crippen LogP contribution in [-0.2, 0) is 11.2 Å². The van der Waals surface area contributed by atoms with Crippen molar-refractivity contribution in [3.05, 3.63) is 35.9 Å². The number of nitrogens with zero attached hydrogens (tertiary/aromatic N) is 2. The molecule has 2 N–H and O–H groups in total. The normalized spacial score (nSPS) is 31.3. The molecule has 1 aromatic carbocycles. The number of rotatable bonds is 6. The van der Waals surface area contributed by atoms with Crippen LogP contribution >= 0.6 is 11.8 Å². The van der Waals surface area contributed by atoms with E-state index in [1.165, 1.54) is 37.7 Å². The Labute approximate surface area is 174 Å². The van der Waals surface area contributed by atoms with Crippen LogP contribution in [0, 0.1) is 11.8 Å². The fraction of sp³-hybridized carbons (Fsp3) is 0.696. The first-order valence-electron chi connectivity index (χ1n) is 11.0. The van der Waals surface area contributed by atoms with Gasteiger partial charge in [0.2, 0.25) is 5.91 Å². The van der Waals surface area contributed by atoms with Gasteiger partial charge in [-0.05, 0) is 61.5 Å². The lowest BCUT2D eigenvalue weighted by Gasteiger charge is -2.55. The number of piperidine rings is 3. The van der Waals surface area contributed by atoms with Crippen LogP contribution in [0.4, 0.5) is 0 Å². The zero-order valence-corrected chi connectivity index (χ0v) is 17.9. The Kier molecular flexibility index (Phi) is 6.64. The number of amides is 1. The van der Waals surface area contributed by atoms with Crippen molar-refractivity contribution >= 4 is 17.7 Å². The smallest absolute Gasteiger partial charge is 0.239 e. The second-order valence-corrected chi connectivity index (χ2v) is 10.0. The quantitative estimate of drug-likeness (QED) is 0.796. The van der Waals surface area contributed by atoms with Crippen LogP contribution in [0.15, 0.2) is 30.3 Å². The molecule has 3 aliphatic heterocycles. The third kappa shape index (κ3) is 4.42. The Morgan fingerprint density at radius 1 is 1.21 bits per heavy atom. The largest absolute Gasteiger partial charge is 0.341 e. The van der Waals surface area contributed by atoms with Crippen LogP contribution in [-0.4, -0.2) is 65.5 Å². The van der Waals surface area contributed by atoms with E-state index in [9.17, 15) is 4.79 Å². The summed E-state index contributed by atoms with van der Waals surface area (Å²) in [6.45, 7) is 2.98. The summed E-state index contributed by atoms with van der Waals surface area (Å²) in [5.74, 6) is 2.39. The van der Waals surface area contributed by atoms with E-state index >= 15 is 0 Å². The number of fused-ring (bicyclic) bond motifs is 4. The van der Waals surface area contributed by atoms with E-state index in [-0.39, 0.29) is 11.9 Å². The first-order valence-corrected chi connectivity index (χ1v) is 12.4. The van der Waals surface area contributed by atoms with E-state index in [4.69, 9.17) is 5.73 Å². The van der Waals surface area contributed by atoms with Gasteiger partial charge in [-0.2, -0.15) is 11.8 Å². The Morgan fingerprint density at radius 3 is 2.82 bits per heavy atom. The van der Waals surface area contributed by atoms with Gasteiger partial charge in [0, 0.05) is 31.7 Å². The van der Waals surface area contributed by atoms with Gasteiger partial charge in [0.15, 0.2) is 0 Å². The number of hydrogen-bond acceptors (Lipinski definition) is 4. The second-order valence-electron chi connectivity index (χ2n) is 9.03. The monoisotopic (exact) mass is 401 g/mol. The van der Waals surface area contributed by atoms with Crippen LogP contribution in [0.25, 0.3) is 0 Å². The molecule has 0 spiro atoms. The number of nitrogens with two attached hydrogens (primary N) is 1. The minimum Gasteiger partial charge on any atom is -0.341 e. The zero-order valence-electron chi connectivity index (χ0n) is 17.1. The van der Waals surface area contributed by atoms with Crippen molar-refractivity contribution in [3.63, 3.8) is 0 Å². The molecule has 4 rings (SSSR count). The van der Waals surface area contributed by atoms with Crippen LogP contribution < -0.4 is 5.73 Å². The molecule has 5 atom stereocenters. The minimum atomic E-state index is -0.320. The average molecular weight is 402 g/mol. The fourth-order valence-corrected chi connectivity index (χ4v) is 6.29. The molecule has 0 radical (unpaired) electrons. The highest BCUT2D eigenvalue weighted by Gasteiger charge is 2.45. The van der Waals surface area contributed by atoms with E-state index < -0.39 is 0 Å². The first-order chi connectivity index (χ1) is 13.7. The number of likely N-dealkylation sites (tertiary alicyclic amines) is 1. The average Bonchev–Trinajstić information content (AvgIpc) is 2.72. The molecule has 154 valence electrons. The summed E-state index contributed by atoms with van der Waals surface area (Å²) < 4.78 is 0. The lowest BCUT2D eigenvalue weighted by atomic mass is 9.74. The Morgan fingerprint density at radius 2 is 2.04 bits per heavy atom. The molecule has 0 unspecified atom stereocenters. The van der Waals surface area contributed by atoms with Crippen molar-refractivity contribution in [2.24, 2.45) is 17.6 Å². The summed E-state index contributed by atoms with van der Waals surface area (Å²) in [5, 5.41) is 0. The van der Waals surface area contributed by atoms with Gasteiger partial charge >= 0.3 is 0 Å². The molecule has 3 aliphatic rings. The highest BCUT2D eigenvalue weighted by atomic mass is 32.2. The molecule has 3 heterocycles. The highest BCUT2D eigenvalue weighted by Crippen LogP contribution is 2.40. The summed E-state index contributed by atoms with van der Waals surface area (Å²) in [4.78, 5) is 17.8. The molecule has 0 saturated carbocycles. The van der Waals surface area contributed by atoms with Crippen LogP contribution in [0.5, 0.6) is 0 Å². The number of benzene rings is 1. The molecular weight excluding hydrogens is 366 g/mol. The molecule has 0 aromatic heterocycles. The van der Waals surface area contributed by atoms with Crippen molar-refractivity contribution in [1.29, 1.82) is 0 Å². The summed E-state index contributed by atoms with van der Waals surface area (Å²) in [5.41, 5.74) is 7.67. The van der Waals surface area contributed by atoms with Gasteiger partial charge in [-0.25, -0.2) is 0 Å². The Bertz CT molecular complexity index is 655. The number of carbonyl (C=O) groups is 1. The van der Waals surface area contributed by atoms with Crippen LogP contribution in [0.3, 0.4) is 0 Å². The van der Waals surface area contributed by atoms with Crippen LogP contribution in [0.1, 0.15) is 37.7 Å².